The Bertz CT molecular complexity index is 355. The number of methoxy groups -OCH3 is 1. The Kier molecular flexibility index (Phi) is 5.28. The zero-order valence-corrected chi connectivity index (χ0v) is 10.9. The minimum atomic E-state index is -1.10. The molecule has 0 aliphatic carbocycles. The number of carbonyl (C=O) groups excluding carboxylic acids is 1. The first-order valence-corrected chi connectivity index (χ1v) is 4.91. The predicted octanol–water partition coefficient (Wildman–Crippen LogP) is 2.22. The molecule has 0 saturated heterocycles. The van der Waals surface area contributed by atoms with Gasteiger partial charge in [0, 0.05) is 4.47 Å². The number of nitrogens with two attached hydrogens (primary N) is 1. The number of carbonyl (C=O) groups is 1. The SMILES string of the molecule is COC(=O)C(C)(N)c1cccc(Br)c1.Cl. The molecule has 2 N–H and O–H groups in total. The van der Waals surface area contributed by atoms with Crippen molar-refractivity contribution in [2.45, 2.75) is 12.5 Å². The lowest BCUT2D eigenvalue weighted by atomic mass is 9.93. The molecule has 0 aliphatic heterocycles. The zero-order chi connectivity index (χ0) is 10.8. The number of halogens is 2. The molecule has 3 nitrogen and oxygen atoms in total. The molecule has 0 radical (unpaired) electrons. The molecule has 0 aliphatic rings. The molecule has 15 heavy (non-hydrogen) atoms. The number of ether oxygens (including phenoxy) is 1. The maximum atomic E-state index is 11.4. The highest BCUT2D eigenvalue weighted by Gasteiger charge is 2.31. The number of esters is 1. The summed E-state index contributed by atoms with van der Waals surface area (Å²) in [6.45, 7) is 1.63. The van der Waals surface area contributed by atoms with Crippen molar-refractivity contribution in [2.75, 3.05) is 7.11 Å². The topological polar surface area (TPSA) is 52.3 Å². The molecule has 0 fully saturated rings. The van der Waals surface area contributed by atoms with Crippen LogP contribution in [0.5, 0.6) is 0 Å². The minimum Gasteiger partial charge on any atom is -0.467 e. The fourth-order valence-corrected chi connectivity index (χ4v) is 1.54. The van der Waals surface area contributed by atoms with Crippen molar-refractivity contribution < 1.29 is 9.53 Å². The minimum absolute atomic E-state index is 0. The van der Waals surface area contributed by atoms with Gasteiger partial charge in [-0.2, -0.15) is 0 Å². The summed E-state index contributed by atoms with van der Waals surface area (Å²) in [5.74, 6) is -0.449. The molecule has 1 aromatic rings. The van der Waals surface area contributed by atoms with Crippen LogP contribution in [0.3, 0.4) is 0 Å². The Labute approximate surface area is 104 Å². The van der Waals surface area contributed by atoms with E-state index >= 15 is 0 Å². The molecule has 1 unspecified atom stereocenters. The average molecular weight is 295 g/mol. The van der Waals surface area contributed by atoms with Crippen LogP contribution in [0.4, 0.5) is 0 Å². The molecule has 1 atom stereocenters. The molecule has 5 heteroatoms. The zero-order valence-electron chi connectivity index (χ0n) is 8.49. The summed E-state index contributed by atoms with van der Waals surface area (Å²) in [4.78, 5) is 11.4. The number of benzene rings is 1. The Balaban J connectivity index is 0.00000196. The van der Waals surface area contributed by atoms with Crippen molar-refractivity contribution in [3.8, 4) is 0 Å². The van der Waals surface area contributed by atoms with Crippen molar-refractivity contribution in [2.24, 2.45) is 5.73 Å². The Hall–Kier alpha value is -0.580. The molecule has 84 valence electrons. The van der Waals surface area contributed by atoms with Gasteiger partial charge in [0.25, 0.3) is 0 Å². The number of rotatable bonds is 2. The predicted molar refractivity (Wildman–Crippen MR) is 64.9 cm³/mol. The van der Waals surface area contributed by atoms with Crippen molar-refractivity contribution in [3.05, 3.63) is 34.3 Å². The molecule has 1 aromatic carbocycles. The van der Waals surface area contributed by atoms with Gasteiger partial charge in [0.1, 0.15) is 5.54 Å². The third-order valence-corrected chi connectivity index (χ3v) is 2.53. The van der Waals surface area contributed by atoms with Gasteiger partial charge in [0.05, 0.1) is 7.11 Å². The largest absolute Gasteiger partial charge is 0.467 e. The van der Waals surface area contributed by atoms with Crippen LogP contribution in [0.25, 0.3) is 0 Å². The molecule has 0 bridgehead atoms. The van der Waals surface area contributed by atoms with E-state index < -0.39 is 11.5 Å². The van der Waals surface area contributed by atoms with Crippen molar-refractivity contribution in [1.29, 1.82) is 0 Å². The number of hydrogen-bond acceptors (Lipinski definition) is 3. The third-order valence-electron chi connectivity index (χ3n) is 2.03. The van der Waals surface area contributed by atoms with Crippen LogP contribution in [-0.4, -0.2) is 13.1 Å². The quantitative estimate of drug-likeness (QED) is 0.851. The van der Waals surface area contributed by atoms with Crippen molar-refractivity contribution in [1.82, 2.24) is 0 Å². The second kappa shape index (κ2) is 5.49. The first-order chi connectivity index (χ1) is 6.48. The maximum Gasteiger partial charge on any atom is 0.330 e. The molecule has 0 spiro atoms. The summed E-state index contributed by atoms with van der Waals surface area (Å²) in [5.41, 5.74) is 5.49. The van der Waals surface area contributed by atoms with Crippen molar-refractivity contribution >= 4 is 34.3 Å². The molecule has 0 heterocycles. The van der Waals surface area contributed by atoms with E-state index in [9.17, 15) is 4.79 Å². The monoisotopic (exact) mass is 293 g/mol. The van der Waals surface area contributed by atoms with Gasteiger partial charge >= 0.3 is 5.97 Å². The van der Waals surface area contributed by atoms with Crippen LogP contribution in [0.1, 0.15) is 12.5 Å². The molecule has 1 rings (SSSR count). The average Bonchev–Trinajstić information content (AvgIpc) is 2.16. The fourth-order valence-electron chi connectivity index (χ4n) is 1.14. The third kappa shape index (κ3) is 3.19. The van der Waals surface area contributed by atoms with Crippen LogP contribution >= 0.6 is 28.3 Å². The van der Waals surface area contributed by atoms with E-state index in [0.717, 1.165) is 10.0 Å². The van der Waals surface area contributed by atoms with Gasteiger partial charge in [-0.15, -0.1) is 12.4 Å². The summed E-state index contributed by atoms with van der Waals surface area (Å²) in [6, 6.07) is 7.29. The van der Waals surface area contributed by atoms with Crippen molar-refractivity contribution in [3.63, 3.8) is 0 Å². The lowest BCUT2D eigenvalue weighted by Crippen LogP contribution is -2.42. The van der Waals surface area contributed by atoms with Crippen LogP contribution < -0.4 is 5.73 Å². The smallest absolute Gasteiger partial charge is 0.330 e. The van der Waals surface area contributed by atoms with E-state index in [-0.39, 0.29) is 12.4 Å². The first-order valence-electron chi connectivity index (χ1n) is 4.12. The lowest BCUT2D eigenvalue weighted by molar-refractivity contribution is -0.146. The molecule has 0 aromatic heterocycles. The van der Waals surface area contributed by atoms with E-state index in [0.29, 0.717) is 0 Å². The van der Waals surface area contributed by atoms with E-state index in [1.807, 2.05) is 12.1 Å². The standard InChI is InChI=1S/C10H12BrNO2.ClH/c1-10(12,9(13)14-2)7-4-3-5-8(11)6-7;/h3-6H,12H2,1-2H3;1H. The Morgan fingerprint density at radius 1 is 1.53 bits per heavy atom. The van der Waals surface area contributed by atoms with Gasteiger partial charge in [-0.1, -0.05) is 28.1 Å². The van der Waals surface area contributed by atoms with Gasteiger partial charge in [-0.05, 0) is 24.6 Å². The second-order valence-corrected chi connectivity index (χ2v) is 4.12. The van der Waals surface area contributed by atoms with Gasteiger partial charge in [-0.25, -0.2) is 4.79 Å². The lowest BCUT2D eigenvalue weighted by Gasteiger charge is -2.21. The Morgan fingerprint density at radius 2 is 2.13 bits per heavy atom. The van der Waals surface area contributed by atoms with Crippen LogP contribution in [0.15, 0.2) is 28.7 Å². The highest BCUT2D eigenvalue weighted by Crippen LogP contribution is 2.22. The van der Waals surface area contributed by atoms with E-state index in [1.165, 1.54) is 7.11 Å². The van der Waals surface area contributed by atoms with E-state index in [4.69, 9.17) is 5.73 Å². The summed E-state index contributed by atoms with van der Waals surface area (Å²) < 4.78 is 5.51. The van der Waals surface area contributed by atoms with Crippen LogP contribution in [0.2, 0.25) is 0 Å². The van der Waals surface area contributed by atoms with Gasteiger partial charge < -0.3 is 10.5 Å². The van der Waals surface area contributed by atoms with Gasteiger partial charge in [0.15, 0.2) is 0 Å². The van der Waals surface area contributed by atoms with Gasteiger partial charge in [-0.3, -0.25) is 0 Å². The normalized spacial score (nSPS) is 13.6. The highest BCUT2D eigenvalue weighted by atomic mass is 79.9. The summed E-state index contributed by atoms with van der Waals surface area (Å²) in [7, 11) is 1.32. The first kappa shape index (κ1) is 14.4. The molecular weight excluding hydrogens is 281 g/mol. The van der Waals surface area contributed by atoms with E-state index in [1.54, 1.807) is 19.1 Å². The number of hydrogen-bond donors (Lipinski definition) is 1. The fraction of sp³-hybridized carbons (Fsp3) is 0.300. The van der Waals surface area contributed by atoms with E-state index in [2.05, 4.69) is 20.7 Å². The molecule has 0 amide bonds. The van der Waals surface area contributed by atoms with Crippen LogP contribution in [0, 0.1) is 0 Å². The summed E-state index contributed by atoms with van der Waals surface area (Å²) in [5, 5.41) is 0. The Morgan fingerprint density at radius 3 is 2.60 bits per heavy atom. The van der Waals surface area contributed by atoms with Gasteiger partial charge in [0.2, 0.25) is 0 Å². The van der Waals surface area contributed by atoms with Crippen LogP contribution in [-0.2, 0) is 15.1 Å². The second-order valence-electron chi connectivity index (χ2n) is 3.20. The maximum absolute atomic E-state index is 11.4. The highest BCUT2D eigenvalue weighted by molar-refractivity contribution is 9.10. The summed E-state index contributed by atoms with van der Waals surface area (Å²) >= 11 is 3.32. The molecule has 0 saturated carbocycles. The molecular formula is C10H13BrClNO2. The summed E-state index contributed by atoms with van der Waals surface area (Å²) in [6.07, 6.45) is 0.